The molecule has 2 aromatic carbocycles. The monoisotopic (exact) mass is 511 g/mol. The molecule has 1 fully saturated rings. The van der Waals surface area contributed by atoms with Crippen molar-refractivity contribution in [3.05, 3.63) is 59.2 Å². The lowest BCUT2D eigenvalue weighted by Gasteiger charge is -2.38. The second kappa shape index (κ2) is 11.6. The summed E-state index contributed by atoms with van der Waals surface area (Å²) in [6.07, 6.45) is 2.54. The van der Waals surface area contributed by atoms with Crippen LogP contribution in [-0.2, 0) is 9.53 Å². The molecule has 10 heteroatoms. The predicted octanol–water partition coefficient (Wildman–Crippen LogP) is 3.33. The van der Waals surface area contributed by atoms with Gasteiger partial charge >= 0.3 is 0 Å². The van der Waals surface area contributed by atoms with Gasteiger partial charge in [0, 0.05) is 56.5 Å². The van der Waals surface area contributed by atoms with E-state index in [1.165, 1.54) is 19.2 Å². The lowest BCUT2D eigenvalue weighted by atomic mass is 10.0. The standard InChI is InChI=1S/C26H30ClN5O4/c1-35-23-14-20(28)19(27)13-18(23)26(34)31-22-7-10-32(15-24(22)36-2)11-8-25(33)30-17-5-6-21-16(12-17)4-3-9-29-21/h3-6,9,12-14,22,24H,7-8,10-11,15,28H2,1-2H3,(H,30,33)(H,31,34)/t22-,24+/m0/s1. The number of likely N-dealkylation sites (tertiary alicyclic amines) is 1. The molecule has 36 heavy (non-hydrogen) atoms. The summed E-state index contributed by atoms with van der Waals surface area (Å²) in [5, 5.41) is 7.26. The van der Waals surface area contributed by atoms with Crippen LogP contribution in [0.15, 0.2) is 48.7 Å². The van der Waals surface area contributed by atoms with E-state index >= 15 is 0 Å². The van der Waals surface area contributed by atoms with Gasteiger partial charge in [-0.3, -0.25) is 14.6 Å². The number of anilines is 2. The molecule has 2 amide bonds. The van der Waals surface area contributed by atoms with Gasteiger partial charge in [-0.2, -0.15) is 0 Å². The van der Waals surface area contributed by atoms with Gasteiger partial charge < -0.3 is 30.7 Å². The molecule has 1 saturated heterocycles. The third-order valence-corrected chi connectivity index (χ3v) is 6.70. The highest BCUT2D eigenvalue weighted by molar-refractivity contribution is 6.33. The largest absolute Gasteiger partial charge is 0.496 e. The second-order valence-corrected chi connectivity index (χ2v) is 9.13. The molecular weight excluding hydrogens is 482 g/mol. The van der Waals surface area contributed by atoms with E-state index in [-0.39, 0.29) is 29.0 Å². The van der Waals surface area contributed by atoms with Gasteiger partial charge in [-0.1, -0.05) is 17.7 Å². The summed E-state index contributed by atoms with van der Waals surface area (Å²) in [6.45, 7) is 1.90. The summed E-state index contributed by atoms with van der Waals surface area (Å²) >= 11 is 6.11. The molecule has 1 aromatic heterocycles. The van der Waals surface area contributed by atoms with Crippen molar-refractivity contribution in [2.75, 3.05) is 44.9 Å². The maximum atomic E-state index is 13.0. The van der Waals surface area contributed by atoms with E-state index in [1.54, 1.807) is 13.3 Å². The first-order valence-corrected chi connectivity index (χ1v) is 12.1. The summed E-state index contributed by atoms with van der Waals surface area (Å²) in [5.74, 6) is -0.0105. The number of rotatable bonds is 8. The van der Waals surface area contributed by atoms with Crippen molar-refractivity contribution >= 4 is 45.7 Å². The first-order valence-electron chi connectivity index (χ1n) is 11.7. The number of pyridine rings is 1. The number of hydrogen-bond donors (Lipinski definition) is 3. The molecular formula is C26H30ClN5O4. The minimum Gasteiger partial charge on any atom is -0.496 e. The smallest absolute Gasteiger partial charge is 0.255 e. The van der Waals surface area contributed by atoms with E-state index in [2.05, 4.69) is 20.5 Å². The molecule has 0 unspecified atom stereocenters. The average Bonchev–Trinajstić information content (AvgIpc) is 2.89. The summed E-state index contributed by atoms with van der Waals surface area (Å²) in [7, 11) is 3.10. The van der Waals surface area contributed by atoms with Crippen LogP contribution in [0.4, 0.5) is 11.4 Å². The Morgan fingerprint density at radius 3 is 2.83 bits per heavy atom. The van der Waals surface area contributed by atoms with E-state index in [9.17, 15) is 9.59 Å². The molecule has 2 heterocycles. The number of hydrogen-bond acceptors (Lipinski definition) is 7. The highest BCUT2D eigenvalue weighted by Crippen LogP contribution is 2.29. The van der Waals surface area contributed by atoms with E-state index in [1.807, 2.05) is 30.3 Å². The van der Waals surface area contributed by atoms with Crippen LogP contribution in [0.2, 0.25) is 5.02 Å². The van der Waals surface area contributed by atoms with Gasteiger partial charge in [0.1, 0.15) is 5.75 Å². The van der Waals surface area contributed by atoms with Crippen molar-refractivity contribution in [1.29, 1.82) is 0 Å². The van der Waals surface area contributed by atoms with Crippen molar-refractivity contribution in [1.82, 2.24) is 15.2 Å². The number of piperidine rings is 1. The minimum absolute atomic E-state index is 0.0602. The Bertz CT molecular complexity index is 1250. The van der Waals surface area contributed by atoms with Crippen LogP contribution in [0.3, 0.4) is 0 Å². The molecule has 0 aliphatic carbocycles. The molecule has 0 spiro atoms. The van der Waals surface area contributed by atoms with Gasteiger partial charge in [0.2, 0.25) is 5.91 Å². The number of aromatic nitrogens is 1. The maximum absolute atomic E-state index is 13.0. The van der Waals surface area contributed by atoms with Gasteiger partial charge in [-0.15, -0.1) is 0 Å². The molecule has 0 radical (unpaired) electrons. The SMILES string of the molecule is COc1cc(N)c(Cl)cc1C(=O)N[C@H]1CCN(CCC(=O)Nc2ccc3ncccc3c2)C[C@H]1OC. The van der Waals surface area contributed by atoms with Gasteiger partial charge in [0.15, 0.2) is 0 Å². The number of methoxy groups -OCH3 is 2. The van der Waals surface area contributed by atoms with Crippen LogP contribution in [0.25, 0.3) is 10.9 Å². The van der Waals surface area contributed by atoms with Crippen LogP contribution in [-0.4, -0.2) is 67.7 Å². The van der Waals surface area contributed by atoms with E-state index in [0.717, 1.165) is 23.1 Å². The van der Waals surface area contributed by atoms with Gasteiger partial charge in [0.25, 0.3) is 5.91 Å². The van der Waals surface area contributed by atoms with Gasteiger partial charge in [0.05, 0.1) is 41.0 Å². The van der Waals surface area contributed by atoms with Crippen molar-refractivity contribution in [2.24, 2.45) is 0 Å². The quantitative estimate of drug-likeness (QED) is 0.397. The molecule has 1 aliphatic rings. The number of nitrogens with one attached hydrogen (secondary N) is 2. The van der Waals surface area contributed by atoms with Crippen LogP contribution in [0.1, 0.15) is 23.2 Å². The molecule has 4 N–H and O–H groups in total. The number of halogens is 1. The molecule has 190 valence electrons. The Hall–Kier alpha value is -3.40. The number of nitrogens with zero attached hydrogens (tertiary/aromatic N) is 2. The van der Waals surface area contributed by atoms with Crippen molar-refractivity contribution < 1.29 is 19.1 Å². The molecule has 3 aromatic rings. The van der Waals surface area contributed by atoms with Gasteiger partial charge in [-0.25, -0.2) is 0 Å². The number of benzene rings is 2. The van der Waals surface area contributed by atoms with E-state index in [0.29, 0.717) is 42.9 Å². The van der Waals surface area contributed by atoms with Crippen molar-refractivity contribution in [2.45, 2.75) is 25.0 Å². The number of amides is 2. The Morgan fingerprint density at radius 1 is 1.22 bits per heavy atom. The Morgan fingerprint density at radius 2 is 2.06 bits per heavy atom. The summed E-state index contributed by atoms with van der Waals surface area (Å²) in [5.41, 5.74) is 8.11. The van der Waals surface area contributed by atoms with E-state index < -0.39 is 0 Å². The molecule has 0 bridgehead atoms. The normalized spacial score (nSPS) is 18.1. The number of fused-ring (bicyclic) bond motifs is 1. The lowest BCUT2D eigenvalue weighted by Crippen LogP contribution is -2.55. The highest BCUT2D eigenvalue weighted by atomic mass is 35.5. The van der Waals surface area contributed by atoms with Gasteiger partial charge in [-0.05, 0) is 36.8 Å². The average molecular weight is 512 g/mol. The van der Waals surface area contributed by atoms with Crippen LogP contribution in [0, 0.1) is 0 Å². The topological polar surface area (TPSA) is 119 Å². The van der Waals surface area contributed by atoms with Crippen molar-refractivity contribution in [3.63, 3.8) is 0 Å². The summed E-state index contributed by atoms with van der Waals surface area (Å²) in [4.78, 5) is 32.0. The van der Waals surface area contributed by atoms with Crippen LogP contribution in [0.5, 0.6) is 5.75 Å². The van der Waals surface area contributed by atoms with Crippen LogP contribution >= 0.6 is 11.6 Å². The fourth-order valence-electron chi connectivity index (χ4n) is 4.39. The molecule has 4 rings (SSSR count). The highest BCUT2D eigenvalue weighted by Gasteiger charge is 2.31. The third kappa shape index (κ3) is 6.04. The second-order valence-electron chi connectivity index (χ2n) is 8.73. The zero-order valence-corrected chi connectivity index (χ0v) is 21.0. The zero-order chi connectivity index (χ0) is 25.7. The fourth-order valence-corrected chi connectivity index (χ4v) is 4.55. The fraction of sp³-hybridized carbons (Fsp3) is 0.346. The summed E-state index contributed by atoms with van der Waals surface area (Å²) in [6, 6.07) is 12.3. The Balaban J connectivity index is 1.30. The number of nitrogens with two attached hydrogens (primary N) is 1. The maximum Gasteiger partial charge on any atom is 0.255 e. The van der Waals surface area contributed by atoms with E-state index in [4.69, 9.17) is 26.8 Å². The minimum atomic E-state index is -0.306. The Kier molecular flexibility index (Phi) is 8.25. The van der Waals surface area contributed by atoms with Crippen LogP contribution < -0.4 is 21.1 Å². The van der Waals surface area contributed by atoms with Crippen molar-refractivity contribution in [3.8, 4) is 5.75 Å². The first kappa shape index (κ1) is 25.7. The number of carbonyl (C=O) groups excluding carboxylic acids is 2. The number of nitrogen functional groups attached to an aromatic ring is 1. The third-order valence-electron chi connectivity index (χ3n) is 6.37. The Labute approximate surface area is 214 Å². The number of ether oxygens (including phenoxy) is 2. The predicted molar refractivity (Wildman–Crippen MR) is 141 cm³/mol. The number of carbonyl (C=O) groups is 2. The summed E-state index contributed by atoms with van der Waals surface area (Å²) < 4.78 is 11.0. The lowest BCUT2D eigenvalue weighted by molar-refractivity contribution is -0.116. The molecule has 9 nitrogen and oxygen atoms in total. The first-order chi connectivity index (χ1) is 17.4. The zero-order valence-electron chi connectivity index (χ0n) is 20.3. The molecule has 1 aliphatic heterocycles. The molecule has 0 saturated carbocycles. The molecule has 2 atom stereocenters.